The van der Waals surface area contributed by atoms with Gasteiger partial charge in [0.2, 0.25) is 5.95 Å². The molecule has 1 aromatic carbocycles. The molecule has 0 bridgehead atoms. The number of aromatic nitrogens is 3. The molecule has 0 aliphatic carbocycles. The van der Waals surface area contributed by atoms with Crippen LogP contribution in [0.3, 0.4) is 0 Å². The Kier molecular flexibility index (Phi) is 6.34. The largest absolute Gasteiger partial charge is 0.496 e. The number of hydrogen-bond donors (Lipinski definition) is 2. The molecule has 0 radical (unpaired) electrons. The molecular weight excluding hydrogens is 460 g/mol. The monoisotopic (exact) mass is 492 g/mol. The van der Waals surface area contributed by atoms with Crippen LogP contribution in [0.15, 0.2) is 30.3 Å². The standard InChI is InChI=1S/C26H32N6O4/c1-16-15-35-10-8-32(16)25-19-4-5-20(17-3-6-22(34-2)18(11-17)14-33)28-24(19)29-26(30-25)31-12-21-23(13-31)36-9-7-27-21/h3-6,11,16,21,23,27,33H,7-10,12-15H2,1-2H3/t16-,21+,23-/m0/s1. The van der Waals surface area contributed by atoms with Crippen LogP contribution in [0.5, 0.6) is 5.75 Å². The first-order chi connectivity index (χ1) is 17.6. The first-order valence-corrected chi connectivity index (χ1v) is 12.6. The van der Waals surface area contributed by atoms with E-state index in [1.54, 1.807) is 7.11 Å². The molecule has 2 N–H and O–H groups in total. The third-order valence-corrected chi connectivity index (χ3v) is 7.30. The Labute approximate surface area is 210 Å². The second-order valence-electron chi connectivity index (χ2n) is 9.59. The summed E-state index contributed by atoms with van der Waals surface area (Å²) in [6.45, 7) is 7.29. The second kappa shape index (κ2) is 9.78. The molecule has 3 fully saturated rings. The number of nitrogens with one attached hydrogen (secondary N) is 1. The number of ether oxygens (including phenoxy) is 3. The van der Waals surface area contributed by atoms with E-state index in [1.807, 2.05) is 24.3 Å². The van der Waals surface area contributed by atoms with Crippen LogP contribution in [0.4, 0.5) is 11.8 Å². The smallest absolute Gasteiger partial charge is 0.229 e. The number of benzene rings is 1. The van der Waals surface area contributed by atoms with E-state index in [1.165, 1.54) is 0 Å². The normalized spacial score (nSPS) is 24.2. The Morgan fingerprint density at radius 2 is 2.06 bits per heavy atom. The molecule has 3 aliphatic rings. The molecular formula is C26H32N6O4. The molecule has 0 unspecified atom stereocenters. The first kappa shape index (κ1) is 23.4. The van der Waals surface area contributed by atoms with E-state index in [0.717, 1.165) is 60.8 Å². The second-order valence-corrected chi connectivity index (χ2v) is 9.59. The Morgan fingerprint density at radius 3 is 2.86 bits per heavy atom. The summed E-state index contributed by atoms with van der Waals surface area (Å²) in [6, 6.07) is 10.2. The van der Waals surface area contributed by atoms with Crippen molar-refractivity contribution in [3.05, 3.63) is 35.9 Å². The van der Waals surface area contributed by atoms with Gasteiger partial charge in [0, 0.05) is 37.3 Å². The van der Waals surface area contributed by atoms with E-state index in [0.29, 0.717) is 30.6 Å². The molecule has 190 valence electrons. The highest BCUT2D eigenvalue weighted by Crippen LogP contribution is 2.33. The average molecular weight is 493 g/mol. The summed E-state index contributed by atoms with van der Waals surface area (Å²) in [4.78, 5) is 19.5. The molecule has 5 heterocycles. The maximum Gasteiger partial charge on any atom is 0.229 e. The molecule has 6 rings (SSSR count). The number of aliphatic hydroxyl groups is 1. The minimum atomic E-state index is -0.108. The molecule has 0 amide bonds. The average Bonchev–Trinajstić information content (AvgIpc) is 3.36. The maximum absolute atomic E-state index is 9.79. The third-order valence-electron chi connectivity index (χ3n) is 7.30. The van der Waals surface area contributed by atoms with Crippen molar-refractivity contribution in [2.24, 2.45) is 0 Å². The number of nitrogens with zero attached hydrogens (tertiary/aromatic N) is 5. The van der Waals surface area contributed by atoms with Gasteiger partial charge < -0.3 is 34.4 Å². The van der Waals surface area contributed by atoms with Crippen LogP contribution < -0.4 is 19.9 Å². The lowest BCUT2D eigenvalue weighted by Gasteiger charge is -2.35. The van der Waals surface area contributed by atoms with Crippen molar-refractivity contribution in [3.63, 3.8) is 0 Å². The molecule has 0 saturated carbocycles. The van der Waals surface area contributed by atoms with E-state index < -0.39 is 0 Å². The number of morpholine rings is 2. The van der Waals surface area contributed by atoms with Crippen molar-refractivity contribution >= 4 is 22.8 Å². The fourth-order valence-corrected chi connectivity index (χ4v) is 5.36. The van der Waals surface area contributed by atoms with Crippen molar-refractivity contribution in [2.75, 3.05) is 62.9 Å². The highest BCUT2D eigenvalue weighted by molar-refractivity contribution is 5.90. The number of methoxy groups -OCH3 is 1. The minimum Gasteiger partial charge on any atom is -0.496 e. The highest BCUT2D eigenvalue weighted by Gasteiger charge is 2.37. The first-order valence-electron chi connectivity index (χ1n) is 12.6. The fraction of sp³-hybridized carbons (Fsp3) is 0.500. The van der Waals surface area contributed by atoms with Crippen molar-refractivity contribution < 1.29 is 19.3 Å². The summed E-state index contributed by atoms with van der Waals surface area (Å²) in [6.07, 6.45) is 0.138. The summed E-state index contributed by atoms with van der Waals surface area (Å²) in [5, 5.41) is 14.3. The highest BCUT2D eigenvalue weighted by atomic mass is 16.5. The maximum atomic E-state index is 9.79. The molecule has 3 saturated heterocycles. The van der Waals surface area contributed by atoms with Gasteiger partial charge in [-0.15, -0.1) is 0 Å². The SMILES string of the molecule is COc1ccc(-c2ccc3c(N4CCOC[C@@H]4C)nc(N4C[C@@H]5OCCN[C@@H]5C4)nc3n2)cc1CO. The summed E-state index contributed by atoms with van der Waals surface area (Å²) >= 11 is 0. The van der Waals surface area contributed by atoms with E-state index >= 15 is 0 Å². The Bertz CT molecular complexity index is 1240. The topological polar surface area (TPSA) is 105 Å². The predicted molar refractivity (Wildman–Crippen MR) is 137 cm³/mol. The van der Waals surface area contributed by atoms with E-state index in [9.17, 15) is 5.11 Å². The predicted octanol–water partition coefficient (Wildman–Crippen LogP) is 1.59. The van der Waals surface area contributed by atoms with Gasteiger partial charge in [-0.1, -0.05) is 0 Å². The molecule has 3 aliphatic heterocycles. The van der Waals surface area contributed by atoms with Crippen molar-refractivity contribution in [2.45, 2.75) is 31.7 Å². The van der Waals surface area contributed by atoms with Gasteiger partial charge in [0.15, 0.2) is 5.65 Å². The summed E-state index contributed by atoms with van der Waals surface area (Å²) in [5.41, 5.74) is 3.05. The number of pyridine rings is 1. The molecule has 10 heteroatoms. The van der Waals surface area contributed by atoms with Crippen LogP contribution in [-0.2, 0) is 16.1 Å². The molecule has 0 spiro atoms. The molecule has 3 atom stereocenters. The van der Waals surface area contributed by atoms with E-state index in [-0.39, 0.29) is 24.8 Å². The Balaban J connectivity index is 1.44. The zero-order chi connectivity index (χ0) is 24.6. The van der Waals surface area contributed by atoms with E-state index in [4.69, 9.17) is 29.2 Å². The lowest BCUT2D eigenvalue weighted by Crippen LogP contribution is -2.47. The molecule has 3 aromatic rings. The number of fused-ring (bicyclic) bond motifs is 2. The summed E-state index contributed by atoms with van der Waals surface area (Å²) < 4.78 is 17.0. The molecule has 10 nitrogen and oxygen atoms in total. The van der Waals surface area contributed by atoms with Crippen molar-refractivity contribution in [3.8, 4) is 17.0 Å². The minimum absolute atomic E-state index is 0.108. The van der Waals surface area contributed by atoms with Crippen molar-refractivity contribution in [1.29, 1.82) is 0 Å². The summed E-state index contributed by atoms with van der Waals surface area (Å²) in [7, 11) is 1.60. The lowest BCUT2D eigenvalue weighted by atomic mass is 10.1. The van der Waals surface area contributed by atoms with Crippen LogP contribution in [0, 0.1) is 0 Å². The zero-order valence-corrected chi connectivity index (χ0v) is 20.7. The van der Waals surface area contributed by atoms with E-state index in [2.05, 4.69) is 28.1 Å². The van der Waals surface area contributed by atoms with Crippen LogP contribution in [-0.4, -0.2) is 91.4 Å². The zero-order valence-electron chi connectivity index (χ0n) is 20.7. The van der Waals surface area contributed by atoms with Crippen LogP contribution in [0.25, 0.3) is 22.3 Å². The van der Waals surface area contributed by atoms with Gasteiger partial charge in [-0.3, -0.25) is 0 Å². The Morgan fingerprint density at radius 1 is 1.14 bits per heavy atom. The van der Waals surface area contributed by atoms with Gasteiger partial charge in [0.05, 0.1) is 62.8 Å². The van der Waals surface area contributed by atoms with Crippen LogP contribution in [0.1, 0.15) is 12.5 Å². The Hall–Kier alpha value is -3.05. The van der Waals surface area contributed by atoms with Gasteiger partial charge in [0.1, 0.15) is 11.6 Å². The number of rotatable bonds is 5. The van der Waals surface area contributed by atoms with Gasteiger partial charge in [-0.25, -0.2) is 4.98 Å². The fourth-order valence-electron chi connectivity index (χ4n) is 5.36. The number of anilines is 2. The lowest BCUT2D eigenvalue weighted by molar-refractivity contribution is 0.0212. The van der Waals surface area contributed by atoms with Crippen LogP contribution in [0.2, 0.25) is 0 Å². The van der Waals surface area contributed by atoms with Crippen molar-refractivity contribution in [1.82, 2.24) is 20.3 Å². The molecule has 36 heavy (non-hydrogen) atoms. The quantitative estimate of drug-likeness (QED) is 0.546. The van der Waals surface area contributed by atoms with Gasteiger partial charge >= 0.3 is 0 Å². The number of hydrogen-bond acceptors (Lipinski definition) is 10. The summed E-state index contributed by atoms with van der Waals surface area (Å²) in [5.74, 6) is 2.22. The van der Waals surface area contributed by atoms with Gasteiger partial charge in [-0.05, 0) is 37.3 Å². The van der Waals surface area contributed by atoms with Gasteiger partial charge in [0.25, 0.3) is 0 Å². The number of aliphatic hydroxyl groups excluding tert-OH is 1. The van der Waals surface area contributed by atoms with Crippen LogP contribution >= 0.6 is 0 Å². The molecule has 2 aromatic heterocycles. The third kappa shape index (κ3) is 4.24. The van der Waals surface area contributed by atoms with Gasteiger partial charge in [-0.2, -0.15) is 9.97 Å².